The summed E-state index contributed by atoms with van der Waals surface area (Å²) in [7, 11) is 0. The molecule has 0 aliphatic rings. The van der Waals surface area contributed by atoms with Gasteiger partial charge in [0.2, 0.25) is 0 Å². The summed E-state index contributed by atoms with van der Waals surface area (Å²) in [6.07, 6.45) is 0.463. The third kappa shape index (κ3) is 4.18. The van der Waals surface area contributed by atoms with Crippen LogP contribution in [0.4, 0.5) is 0 Å². The van der Waals surface area contributed by atoms with E-state index in [9.17, 15) is 9.59 Å². The van der Waals surface area contributed by atoms with E-state index in [1.165, 1.54) is 0 Å². The summed E-state index contributed by atoms with van der Waals surface area (Å²) in [6.45, 7) is 3.80. The van der Waals surface area contributed by atoms with Gasteiger partial charge in [-0.05, 0) is 26.3 Å². The van der Waals surface area contributed by atoms with E-state index in [-0.39, 0.29) is 12.3 Å². The molecule has 0 aliphatic carbocycles. The van der Waals surface area contributed by atoms with E-state index in [1.807, 2.05) is 0 Å². The Bertz CT molecular complexity index is 432. The van der Waals surface area contributed by atoms with Crippen LogP contribution in [-0.2, 0) is 4.79 Å². The van der Waals surface area contributed by atoms with Crippen LogP contribution in [0.25, 0.3) is 0 Å². The summed E-state index contributed by atoms with van der Waals surface area (Å²) in [5.74, 6) is -1.11. The fourth-order valence-electron chi connectivity index (χ4n) is 1.32. The number of aryl methyl sites for hydroxylation is 2. The van der Waals surface area contributed by atoms with E-state index in [1.54, 1.807) is 19.9 Å². The van der Waals surface area contributed by atoms with Gasteiger partial charge in [-0.25, -0.2) is 0 Å². The fraction of sp³-hybridized carbons (Fsp3) is 0.455. The first-order valence-electron chi connectivity index (χ1n) is 5.31. The number of nitrogens with one attached hydrogen (secondary N) is 1. The van der Waals surface area contributed by atoms with Gasteiger partial charge in [-0.1, -0.05) is 0 Å². The summed E-state index contributed by atoms with van der Waals surface area (Å²) in [5, 5.41) is 18.8. The van der Waals surface area contributed by atoms with Gasteiger partial charge in [-0.2, -0.15) is 10.2 Å². The maximum absolute atomic E-state index is 11.7. The number of hydrogen-bond acceptors (Lipinski definition) is 4. The quantitative estimate of drug-likeness (QED) is 0.735. The molecule has 0 fully saturated rings. The van der Waals surface area contributed by atoms with Crippen molar-refractivity contribution in [3.05, 3.63) is 23.0 Å². The zero-order chi connectivity index (χ0) is 12.8. The molecule has 17 heavy (non-hydrogen) atoms. The smallest absolute Gasteiger partial charge is 0.303 e. The number of carbonyl (C=O) groups excluding carboxylic acids is 1. The molecule has 6 heteroatoms. The van der Waals surface area contributed by atoms with Crippen molar-refractivity contribution in [3.8, 4) is 0 Å². The summed E-state index contributed by atoms with van der Waals surface area (Å²) in [6, 6.07) is 1.66. The summed E-state index contributed by atoms with van der Waals surface area (Å²) >= 11 is 0. The molecule has 0 radical (unpaired) electrons. The minimum absolute atomic E-state index is 0.0485. The van der Waals surface area contributed by atoms with Crippen LogP contribution in [0, 0.1) is 13.8 Å². The van der Waals surface area contributed by atoms with Crippen LogP contribution in [0.15, 0.2) is 6.07 Å². The number of aliphatic carboxylic acids is 1. The van der Waals surface area contributed by atoms with Gasteiger partial charge in [-0.15, -0.1) is 0 Å². The molecule has 1 aromatic rings. The van der Waals surface area contributed by atoms with Crippen molar-refractivity contribution in [3.63, 3.8) is 0 Å². The van der Waals surface area contributed by atoms with E-state index in [0.29, 0.717) is 29.9 Å². The summed E-state index contributed by atoms with van der Waals surface area (Å²) < 4.78 is 0. The third-order valence-electron chi connectivity index (χ3n) is 2.20. The highest BCUT2D eigenvalue weighted by Gasteiger charge is 2.10. The zero-order valence-corrected chi connectivity index (χ0v) is 9.86. The van der Waals surface area contributed by atoms with Crippen molar-refractivity contribution in [1.29, 1.82) is 0 Å². The lowest BCUT2D eigenvalue weighted by atomic mass is 10.2. The zero-order valence-electron chi connectivity index (χ0n) is 9.86. The number of hydrogen-bond donors (Lipinski definition) is 2. The Morgan fingerprint density at radius 1 is 1.35 bits per heavy atom. The highest BCUT2D eigenvalue weighted by molar-refractivity contribution is 5.95. The molecule has 0 aromatic carbocycles. The van der Waals surface area contributed by atoms with Crippen LogP contribution in [0.1, 0.15) is 34.6 Å². The lowest BCUT2D eigenvalue weighted by Crippen LogP contribution is -2.26. The molecule has 0 atom stereocenters. The predicted molar refractivity (Wildman–Crippen MR) is 60.7 cm³/mol. The minimum Gasteiger partial charge on any atom is -0.481 e. The van der Waals surface area contributed by atoms with Gasteiger partial charge in [0.1, 0.15) is 0 Å². The lowest BCUT2D eigenvalue weighted by molar-refractivity contribution is -0.137. The first-order chi connectivity index (χ1) is 8.00. The maximum Gasteiger partial charge on any atom is 0.303 e. The SMILES string of the molecule is Cc1cc(C(=O)NCCCC(=O)O)c(C)nn1. The first-order valence-corrected chi connectivity index (χ1v) is 5.31. The number of carboxylic acids is 1. The van der Waals surface area contributed by atoms with Gasteiger partial charge in [0, 0.05) is 13.0 Å². The highest BCUT2D eigenvalue weighted by Crippen LogP contribution is 2.04. The Labute approximate surface area is 99.1 Å². The molecule has 0 saturated carbocycles. The number of nitrogens with zero attached hydrogens (tertiary/aromatic N) is 2. The molecule has 1 rings (SSSR count). The Kier molecular flexibility index (Phi) is 4.56. The Hall–Kier alpha value is -1.98. The van der Waals surface area contributed by atoms with Gasteiger partial charge in [0.25, 0.3) is 5.91 Å². The van der Waals surface area contributed by atoms with Crippen LogP contribution in [0.3, 0.4) is 0 Å². The average molecular weight is 237 g/mol. The number of carboxylic acid groups (broad SMARTS) is 1. The largest absolute Gasteiger partial charge is 0.481 e. The Morgan fingerprint density at radius 2 is 2.06 bits per heavy atom. The van der Waals surface area contributed by atoms with E-state index in [4.69, 9.17) is 5.11 Å². The Morgan fingerprint density at radius 3 is 2.71 bits per heavy atom. The third-order valence-corrected chi connectivity index (χ3v) is 2.20. The fourth-order valence-corrected chi connectivity index (χ4v) is 1.32. The molecule has 6 nitrogen and oxygen atoms in total. The topological polar surface area (TPSA) is 92.2 Å². The van der Waals surface area contributed by atoms with Gasteiger partial charge in [0.15, 0.2) is 0 Å². The maximum atomic E-state index is 11.7. The molecule has 1 amide bonds. The molecule has 1 aromatic heterocycles. The van der Waals surface area contributed by atoms with Crippen molar-refractivity contribution in [2.24, 2.45) is 0 Å². The van der Waals surface area contributed by atoms with Crippen LogP contribution < -0.4 is 5.32 Å². The van der Waals surface area contributed by atoms with Gasteiger partial charge < -0.3 is 10.4 Å². The van der Waals surface area contributed by atoms with Crippen molar-refractivity contribution < 1.29 is 14.7 Å². The van der Waals surface area contributed by atoms with E-state index < -0.39 is 5.97 Å². The first kappa shape index (κ1) is 13.1. The highest BCUT2D eigenvalue weighted by atomic mass is 16.4. The van der Waals surface area contributed by atoms with Gasteiger partial charge >= 0.3 is 5.97 Å². The number of aromatic nitrogens is 2. The molecule has 0 aliphatic heterocycles. The molecule has 0 saturated heterocycles. The van der Waals surface area contributed by atoms with Crippen LogP contribution in [0.2, 0.25) is 0 Å². The van der Waals surface area contributed by atoms with Crippen LogP contribution >= 0.6 is 0 Å². The van der Waals surface area contributed by atoms with Crippen molar-refractivity contribution in [2.75, 3.05) is 6.54 Å². The minimum atomic E-state index is -0.864. The molecule has 0 unspecified atom stereocenters. The van der Waals surface area contributed by atoms with E-state index >= 15 is 0 Å². The summed E-state index contributed by atoms with van der Waals surface area (Å²) in [5.41, 5.74) is 1.71. The van der Waals surface area contributed by atoms with Crippen LogP contribution in [0.5, 0.6) is 0 Å². The molecule has 92 valence electrons. The van der Waals surface area contributed by atoms with E-state index in [0.717, 1.165) is 0 Å². The predicted octanol–water partition coefficient (Wildman–Crippen LogP) is 0.688. The molecular weight excluding hydrogens is 222 g/mol. The van der Waals surface area contributed by atoms with Crippen molar-refractivity contribution in [1.82, 2.24) is 15.5 Å². The van der Waals surface area contributed by atoms with Crippen molar-refractivity contribution >= 4 is 11.9 Å². The number of rotatable bonds is 5. The molecule has 2 N–H and O–H groups in total. The lowest BCUT2D eigenvalue weighted by Gasteiger charge is -2.06. The monoisotopic (exact) mass is 237 g/mol. The number of amides is 1. The summed E-state index contributed by atoms with van der Waals surface area (Å²) in [4.78, 5) is 22.0. The second-order valence-electron chi connectivity index (χ2n) is 3.74. The van der Waals surface area contributed by atoms with Crippen LogP contribution in [-0.4, -0.2) is 33.7 Å². The second-order valence-corrected chi connectivity index (χ2v) is 3.74. The molecule has 1 heterocycles. The van der Waals surface area contributed by atoms with Gasteiger partial charge in [0.05, 0.1) is 17.0 Å². The number of carbonyl (C=O) groups is 2. The average Bonchev–Trinajstić information content (AvgIpc) is 2.27. The van der Waals surface area contributed by atoms with Gasteiger partial charge in [-0.3, -0.25) is 9.59 Å². The second kappa shape index (κ2) is 5.93. The molecule has 0 spiro atoms. The van der Waals surface area contributed by atoms with Crippen molar-refractivity contribution in [2.45, 2.75) is 26.7 Å². The standard InChI is InChI=1S/C11H15N3O3/c1-7-6-9(8(2)14-13-7)11(17)12-5-3-4-10(15)16/h6H,3-5H2,1-2H3,(H,12,17)(H,15,16). The Balaban J connectivity index is 2.52. The van der Waals surface area contributed by atoms with E-state index in [2.05, 4.69) is 15.5 Å². The normalized spacial score (nSPS) is 10.0. The molecular formula is C11H15N3O3. The molecule has 0 bridgehead atoms.